The highest BCUT2D eigenvalue weighted by Gasteiger charge is 2.40. The van der Waals surface area contributed by atoms with Gasteiger partial charge in [-0.1, -0.05) is 28.1 Å². The van der Waals surface area contributed by atoms with E-state index in [4.69, 9.17) is 4.74 Å². The number of halogens is 2. The summed E-state index contributed by atoms with van der Waals surface area (Å²) in [5, 5.41) is 0. The van der Waals surface area contributed by atoms with Crippen LogP contribution in [0.25, 0.3) is 0 Å². The molecule has 0 spiro atoms. The first-order chi connectivity index (χ1) is 10.9. The van der Waals surface area contributed by atoms with E-state index in [1.165, 1.54) is 12.1 Å². The van der Waals surface area contributed by atoms with Crippen molar-refractivity contribution in [2.24, 2.45) is 0 Å². The number of benzene rings is 2. The number of ether oxygens (including phenoxy) is 1. The lowest BCUT2D eigenvalue weighted by atomic mass is 10.2. The van der Waals surface area contributed by atoms with Crippen molar-refractivity contribution in [2.75, 3.05) is 13.2 Å². The van der Waals surface area contributed by atoms with Gasteiger partial charge in [0.15, 0.2) is 0 Å². The molecule has 2 aromatic carbocycles. The lowest BCUT2D eigenvalue weighted by Gasteiger charge is -2.16. The Hall–Kier alpha value is -1.38. The van der Waals surface area contributed by atoms with Crippen molar-refractivity contribution in [3.63, 3.8) is 0 Å². The number of amides is 1. The van der Waals surface area contributed by atoms with Crippen molar-refractivity contribution >= 4 is 47.8 Å². The molecule has 2 aromatic rings. The molecule has 0 atom stereocenters. The Kier molecular flexibility index (Phi) is 4.48. The van der Waals surface area contributed by atoms with E-state index in [1.54, 1.807) is 18.2 Å². The van der Waals surface area contributed by atoms with E-state index in [2.05, 4.69) is 31.9 Å². The third-order valence-electron chi connectivity index (χ3n) is 3.36. The van der Waals surface area contributed by atoms with Gasteiger partial charge >= 0.3 is 0 Å². The van der Waals surface area contributed by atoms with E-state index in [0.29, 0.717) is 5.75 Å². The Bertz CT molecular complexity index is 883. The molecule has 1 heterocycles. The lowest BCUT2D eigenvalue weighted by Crippen LogP contribution is -2.33. The average Bonchev–Trinajstić information content (AvgIpc) is 2.70. The van der Waals surface area contributed by atoms with Crippen LogP contribution in [0.5, 0.6) is 5.75 Å². The maximum absolute atomic E-state index is 12.4. The standard InChI is InChI=1S/C15H11Br2NO4S/c16-10-5-6-13(12(17)9-10)22-8-7-18-15(19)11-3-1-2-4-14(11)23(18,20)21/h1-6,9H,7-8H2. The van der Waals surface area contributed by atoms with Crippen LogP contribution in [0.1, 0.15) is 10.4 Å². The number of fused-ring (bicyclic) bond motifs is 1. The molecule has 5 nitrogen and oxygen atoms in total. The molecule has 0 N–H and O–H groups in total. The van der Waals surface area contributed by atoms with Gasteiger partial charge in [0.2, 0.25) is 0 Å². The minimum absolute atomic E-state index is 0.0433. The lowest BCUT2D eigenvalue weighted by molar-refractivity contribution is 0.0857. The maximum atomic E-state index is 12.4. The fraction of sp³-hybridized carbons (Fsp3) is 0.133. The minimum Gasteiger partial charge on any atom is -0.491 e. The Balaban J connectivity index is 1.73. The zero-order chi connectivity index (χ0) is 16.6. The molecule has 0 unspecified atom stereocenters. The molecule has 8 heteroatoms. The minimum atomic E-state index is -3.78. The Morgan fingerprint density at radius 3 is 2.52 bits per heavy atom. The summed E-state index contributed by atoms with van der Waals surface area (Å²) in [5.41, 5.74) is 0.206. The number of hydrogen-bond acceptors (Lipinski definition) is 4. The highest BCUT2D eigenvalue weighted by molar-refractivity contribution is 9.11. The summed E-state index contributed by atoms with van der Waals surface area (Å²) < 4.78 is 32.8. The summed E-state index contributed by atoms with van der Waals surface area (Å²) >= 11 is 6.70. The molecule has 0 aliphatic carbocycles. The van der Waals surface area contributed by atoms with E-state index < -0.39 is 15.9 Å². The van der Waals surface area contributed by atoms with Gasteiger partial charge in [-0.15, -0.1) is 0 Å². The normalized spacial score (nSPS) is 15.6. The van der Waals surface area contributed by atoms with Crippen LogP contribution in [-0.4, -0.2) is 31.8 Å². The molecular weight excluding hydrogens is 450 g/mol. The molecule has 1 aliphatic rings. The van der Waals surface area contributed by atoms with E-state index in [0.717, 1.165) is 13.3 Å². The molecule has 23 heavy (non-hydrogen) atoms. The Labute approximate surface area is 150 Å². The summed E-state index contributed by atoms with van der Waals surface area (Å²) in [6.45, 7) is 0.0253. The van der Waals surface area contributed by atoms with Crippen molar-refractivity contribution in [1.29, 1.82) is 0 Å². The summed E-state index contributed by atoms with van der Waals surface area (Å²) in [4.78, 5) is 12.3. The van der Waals surface area contributed by atoms with Crippen LogP contribution in [0, 0.1) is 0 Å². The van der Waals surface area contributed by atoms with Crippen molar-refractivity contribution in [3.05, 3.63) is 57.0 Å². The zero-order valence-electron chi connectivity index (χ0n) is 11.7. The molecule has 0 fully saturated rings. The fourth-order valence-electron chi connectivity index (χ4n) is 2.28. The smallest absolute Gasteiger partial charge is 0.269 e. The molecule has 1 amide bonds. The van der Waals surface area contributed by atoms with Gasteiger partial charge in [0.1, 0.15) is 17.3 Å². The number of carbonyl (C=O) groups excluding carboxylic acids is 1. The number of rotatable bonds is 4. The van der Waals surface area contributed by atoms with Crippen LogP contribution >= 0.6 is 31.9 Å². The highest BCUT2D eigenvalue weighted by Crippen LogP contribution is 2.31. The van der Waals surface area contributed by atoms with Crippen molar-refractivity contribution in [2.45, 2.75) is 4.90 Å². The summed E-state index contributed by atoms with van der Waals surface area (Å²) in [6, 6.07) is 11.6. The quantitative estimate of drug-likeness (QED) is 0.701. The van der Waals surface area contributed by atoms with Gasteiger partial charge in [-0.05, 0) is 46.3 Å². The molecule has 0 saturated carbocycles. The van der Waals surface area contributed by atoms with E-state index in [9.17, 15) is 13.2 Å². The fourth-order valence-corrected chi connectivity index (χ4v) is 5.00. The number of nitrogens with zero attached hydrogens (tertiary/aromatic N) is 1. The molecule has 1 aliphatic heterocycles. The van der Waals surface area contributed by atoms with Gasteiger partial charge in [0.25, 0.3) is 15.9 Å². The first kappa shape index (κ1) is 16.5. The second-order valence-corrected chi connectivity index (χ2v) is 8.40. The molecule has 0 aromatic heterocycles. The first-order valence-electron chi connectivity index (χ1n) is 6.65. The molecule has 0 bridgehead atoms. The average molecular weight is 461 g/mol. The third-order valence-corrected chi connectivity index (χ3v) is 6.31. The van der Waals surface area contributed by atoms with E-state index >= 15 is 0 Å². The SMILES string of the molecule is O=C1c2ccccc2S(=O)(=O)N1CCOc1ccc(Br)cc1Br. The second kappa shape index (κ2) is 6.26. The van der Waals surface area contributed by atoms with Crippen LogP contribution in [0.15, 0.2) is 56.3 Å². The molecule has 120 valence electrons. The van der Waals surface area contributed by atoms with Gasteiger partial charge in [0, 0.05) is 4.47 Å². The van der Waals surface area contributed by atoms with Crippen LogP contribution in [0.2, 0.25) is 0 Å². The summed E-state index contributed by atoms with van der Waals surface area (Å²) in [7, 11) is -3.78. The third kappa shape index (κ3) is 3.02. The van der Waals surface area contributed by atoms with Crippen molar-refractivity contribution in [1.82, 2.24) is 4.31 Å². The predicted octanol–water partition coefficient (Wildman–Crippen LogP) is 3.44. The Morgan fingerprint density at radius 1 is 1.09 bits per heavy atom. The number of sulfonamides is 1. The second-order valence-electron chi connectivity index (χ2n) is 4.80. The van der Waals surface area contributed by atoms with Gasteiger partial charge in [-0.25, -0.2) is 12.7 Å². The Morgan fingerprint density at radius 2 is 1.83 bits per heavy atom. The van der Waals surface area contributed by atoms with Gasteiger partial charge in [0.05, 0.1) is 16.6 Å². The first-order valence-corrected chi connectivity index (χ1v) is 9.68. The summed E-state index contributed by atoms with van der Waals surface area (Å²) in [5.74, 6) is 0.0637. The van der Waals surface area contributed by atoms with Crippen LogP contribution in [0.3, 0.4) is 0 Å². The number of hydrogen-bond donors (Lipinski definition) is 0. The van der Waals surface area contributed by atoms with Crippen molar-refractivity contribution in [3.8, 4) is 5.75 Å². The van der Waals surface area contributed by atoms with Gasteiger partial charge in [-0.3, -0.25) is 4.79 Å². The van der Waals surface area contributed by atoms with Gasteiger partial charge in [-0.2, -0.15) is 0 Å². The van der Waals surface area contributed by atoms with Crippen LogP contribution in [0.4, 0.5) is 0 Å². The summed E-state index contributed by atoms with van der Waals surface area (Å²) in [6.07, 6.45) is 0. The molecular formula is C15H11Br2NO4S. The van der Waals surface area contributed by atoms with E-state index in [1.807, 2.05) is 12.1 Å². The highest BCUT2D eigenvalue weighted by atomic mass is 79.9. The van der Waals surface area contributed by atoms with Crippen molar-refractivity contribution < 1.29 is 17.9 Å². The molecule has 0 radical (unpaired) electrons. The maximum Gasteiger partial charge on any atom is 0.269 e. The van der Waals surface area contributed by atoms with Crippen LogP contribution in [-0.2, 0) is 10.0 Å². The largest absolute Gasteiger partial charge is 0.491 e. The predicted molar refractivity (Wildman–Crippen MR) is 92.0 cm³/mol. The number of carbonyl (C=O) groups is 1. The topological polar surface area (TPSA) is 63.7 Å². The zero-order valence-corrected chi connectivity index (χ0v) is 15.7. The molecule has 0 saturated heterocycles. The molecule has 3 rings (SSSR count). The monoisotopic (exact) mass is 459 g/mol. The van der Waals surface area contributed by atoms with Gasteiger partial charge < -0.3 is 4.74 Å². The van der Waals surface area contributed by atoms with Crippen LogP contribution < -0.4 is 4.74 Å². The van der Waals surface area contributed by atoms with E-state index in [-0.39, 0.29) is 23.6 Å².